The average molecular weight is 461 g/mol. The number of ether oxygens (including phenoxy) is 3. The number of rotatable bonds is 4. The molecule has 2 aromatic carbocycles. The van der Waals surface area contributed by atoms with Crippen LogP contribution in [0.5, 0.6) is 11.5 Å². The van der Waals surface area contributed by atoms with E-state index in [2.05, 4.69) is 5.32 Å². The van der Waals surface area contributed by atoms with E-state index in [1.807, 2.05) is 30.3 Å². The van der Waals surface area contributed by atoms with Gasteiger partial charge in [-0.1, -0.05) is 36.4 Å². The summed E-state index contributed by atoms with van der Waals surface area (Å²) in [5.41, 5.74) is 1.60. The Morgan fingerprint density at radius 1 is 1.06 bits per heavy atom. The van der Waals surface area contributed by atoms with Crippen LogP contribution in [0.1, 0.15) is 29.5 Å². The molecule has 0 unspecified atom stereocenters. The molecule has 5 rings (SSSR count). The van der Waals surface area contributed by atoms with Crippen molar-refractivity contribution in [2.45, 2.75) is 19.4 Å². The zero-order valence-electron chi connectivity index (χ0n) is 19.0. The maximum atomic E-state index is 13.4. The Balaban J connectivity index is 1.65. The van der Waals surface area contributed by atoms with Crippen LogP contribution in [-0.2, 0) is 30.2 Å². The van der Waals surface area contributed by atoms with Gasteiger partial charge in [0.05, 0.1) is 17.1 Å². The van der Waals surface area contributed by atoms with E-state index in [0.29, 0.717) is 28.6 Å². The summed E-state index contributed by atoms with van der Waals surface area (Å²) >= 11 is 0. The van der Waals surface area contributed by atoms with Crippen LogP contribution in [0.15, 0.2) is 69.4 Å². The standard InChI is InChI=1S/C25H23N3O6/c1-14-19(24(30)32-12-15-7-5-4-6-8-15)20(16-9-10-17-18(11-16)34-13-33-17)21-22(26-14)27(2)25(31)28(3)23(21)29/h4-11,20,26H,12-13H2,1-3H3/t20-/m0/s1. The van der Waals surface area contributed by atoms with Crippen molar-refractivity contribution in [2.75, 3.05) is 12.1 Å². The molecule has 0 spiro atoms. The van der Waals surface area contributed by atoms with Gasteiger partial charge in [-0.25, -0.2) is 9.59 Å². The van der Waals surface area contributed by atoms with Crippen LogP contribution in [0.4, 0.5) is 5.82 Å². The number of hydrogen-bond donors (Lipinski definition) is 1. The van der Waals surface area contributed by atoms with E-state index >= 15 is 0 Å². The van der Waals surface area contributed by atoms with Gasteiger partial charge in [0, 0.05) is 19.8 Å². The van der Waals surface area contributed by atoms with Gasteiger partial charge in [-0.3, -0.25) is 13.9 Å². The maximum Gasteiger partial charge on any atom is 0.337 e. The molecule has 9 heteroatoms. The molecule has 9 nitrogen and oxygen atoms in total. The number of anilines is 1. The Hall–Kier alpha value is -4.27. The number of carbonyl (C=O) groups is 1. The van der Waals surface area contributed by atoms with E-state index in [1.54, 1.807) is 32.2 Å². The Bertz CT molecular complexity index is 1450. The first-order chi connectivity index (χ1) is 16.4. The first-order valence-corrected chi connectivity index (χ1v) is 10.7. The van der Waals surface area contributed by atoms with Gasteiger partial charge in [-0.05, 0) is 30.2 Å². The van der Waals surface area contributed by atoms with E-state index in [0.717, 1.165) is 10.1 Å². The second-order valence-electron chi connectivity index (χ2n) is 8.24. The van der Waals surface area contributed by atoms with Crippen molar-refractivity contribution in [3.8, 4) is 11.5 Å². The van der Waals surface area contributed by atoms with E-state index in [9.17, 15) is 14.4 Å². The minimum Gasteiger partial charge on any atom is -0.457 e. The summed E-state index contributed by atoms with van der Waals surface area (Å²) < 4.78 is 19.0. The smallest absolute Gasteiger partial charge is 0.337 e. The molecule has 0 radical (unpaired) electrons. The monoisotopic (exact) mass is 461 g/mol. The quantitative estimate of drug-likeness (QED) is 0.596. The molecular weight excluding hydrogens is 438 g/mol. The van der Waals surface area contributed by atoms with Crippen LogP contribution < -0.4 is 26.0 Å². The first-order valence-electron chi connectivity index (χ1n) is 10.7. The predicted molar refractivity (Wildman–Crippen MR) is 124 cm³/mol. The summed E-state index contributed by atoms with van der Waals surface area (Å²) in [5.74, 6) is 0.111. The normalized spacial score (nSPS) is 16.1. The van der Waals surface area contributed by atoms with Crippen molar-refractivity contribution in [2.24, 2.45) is 14.1 Å². The molecule has 2 aliphatic heterocycles. The first kappa shape index (κ1) is 21.6. The van der Waals surface area contributed by atoms with Crippen LogP contribution in [0.3, 0.4) is 0 Å². The zero-order chi connectivity index (χ0) is 24.0. The topological polar surface area (TPSA) is 101 Å². The maximum absolute atomic E-state index is 13.4. The second kappa shape index (κ2) is 8.26. The molecule has 174 valence electrons. The average Bonchev–Trinajstić information content (AvgIpc) is 3.32. The molecule has 0 aliphatic carbocycles. The zero-order valence-corrected chi connectivity index (χ0v) is 19.0. The van der Waals surface area contributed by atoms with Gasteiger partial charge >= 0.3 is 11.7 Å². The Labute approximate surface area is 194 Å². The third-order valence-electron chi connectivity index (χ3n) is 6.15. The van der Waals surface area contributed by atoms with Gasteiger partial charge in [-0.15, -0.1) is 0 Å². The lowest BCUT2D eigenvalue weighted by Gasteiger charge is -2.31. The van der Waals surface area contributed by atoms with Crippen LogP contribution in [0.2, 0.25) is 0 Å². The molecule has 3 aromatic rings. The van der Waals surface area contributed by atoms with Crippen molar-refractivity contribution < 1.29 is 19.0 Å². The number of allylic oxidation sites excluding steroid dienone is 1. The number of hydrogen-bond acceptors (Lipinski definition) is 7. The third kappa shape index (κ3) is 3.45. The largest absolute Gasteiger partial charge is 0.457 e. The Kier molecular flexibility index (Phi) is 5.24. The molecule has 2 aliphatic rings. The summed E-state index contributed by atoms with van der Waals surface area (Å²) in [4.78, 5) is 39.3. The molecule has 0 saturated heterocycles. The predicted octanol–water partition coefficient (Wildman–Crippen LogP) is 2.39. The third-order valence-corrected chi connectivity index (χ3v) is 6.15. The summed E-state index contributed by atoms with van der Waals surface area (Å²) in [6, 6.07) is 14.6. The van der Waals surface area contributed by atoms with E-state index in [4.69, 9.17) is 14.2 Å². The number of fused-ring (bicyclic) bond motifs is 2. The fraction of sp³-hybridized carbons (Fsp3) is 0.240. The van der Waals surface area contributed by atoms with Crippen molar-refractivity contribution >= 4 is 11.8 Å². The Morgan fingerprint density at radius 2 is 1.79 bits per heavy atom. The summed E-state index contributed by atoms with van der Waals surface area (Å²) in [6.45, 7) is 1.91. The molecule has 0 bridgehead atoms. The highest BCUT2D eigenvalue weighted by Crippen LogP contribution is 2.43. The summed E-state index contributed by atoms with van der Waals surface area (Å²) in [7, 11) is 3.00. The molecule has 1 aromatic heterocycles. The molecule has 3 heterocycles. The lowest BCUT2D eigenvalue weighted by Crippen LogP contribution is -2.43. The highest BCUT2D eigenvalue weighted by atomic mass is 16.7. The number of nitrogens with zero attached hydrogens (tertiary/aromatic N) is 2. The van der Waals surface area contributed by atoms with Crippen molar-refractivity contribution in [3.63, 3.8) is 0 Å². The minimum atomic E-state index is -0.778. The van der Waals surface area contributed by atoms with Gasteiger partial charge < -0.3 is 19.5 Å². The number of carbonyl (C=O) groups excluding carboxylic acids is 1. The van der Waals surface area contributed by atoms with Crippen molar-refractivity contribution in [1.29, 1.82) is 0 Å². The highest BCUT2D eigenvalue weighted by Gasteiger charge is 2.38. The van der Waals surface area contributed by atoms with E-state index in [-0.39, 0.29) is 24.5 Å². The minimum absolute atomic E-state index is 0.0858. The second-order valence-corrected chi connectivity index (χ2v) is 8.24. The number of benzene rings is 2. The SMILES string of the molecule is CC1=C(C(=O)OCc2ccccc2)[C@H](c2ccc3c(c2)OCO3)c2c(n(C)c(=O)n(C)c2=O)N1. The van der Waals surface area contributed by atoms with Crippen molar-refractivity contribution in [3.05, 3.63) is 97.3 Å². The van der Waals surface area contributed by atoms with Gasteiger partial charge in [0.15, 0.2) is 11.5 Å². The number of aromatic nitrogens is 2. The van der Waals surface area contributed by atoms with Crippen LogP contribution >= 0.6 is 0 Å². The summed E-state index contributed by atoms with van der Waals surface area (Å²) in [5, 5.41) is 3.09. The van der Waals surface area contributed by atoms with Gasteiger partial charge in [0.2, 0.25) is 6.79 Å². The highest BCUT2D eigenvalue weighted by molar-refractivity contribution is 5.94. The lowest BCUT2D eigenvalue weighted by molar-refractivity contribution is -0.140. The molecule has 34 heavy (non-hydrogen) atoms. The van der Waals surface area contributed by atoms with Gasteiger partial charge in [-0.2, -0.15) is 0 Å². The molecular formula is C25H23N3O6. The van der Waals surface area contributed by atoms with Crippen LogP contribution in [-0.4, -0.2) is 21.9 Å². The van der Waals surface area contributed by atoms with Crippen LogP contribution in [0, 0.1) is 0 Å². The number of esters is 1. The molecule has 1 atom stereocenters. The van der Waals surface area contributed by atoms with E-state index in [1.165, 1.54) is 11.6 Å². The van der Waals surface area contributed by atoms with E-state index < -0.39 is 23.1 Å². The molecule has 0 saturated carbocycles. The van der Waals surface area contributed by atoms with Crippen LogP contribution in [0.25, 0.3) is 0 Å². The molecule has 1 N–H and O–H groups in total. The number of nitrogens with one attached hydrogen (secondary N) is 1. The van der Waals surface area contributed by atoms with Gasteiger partial charge in [0.1, 0.15) is 12.4 Å². The van der Waals surface area contributed by atoms with Crippen molar-refractivity contribution in [1.82, 2.24) is 9.13 Å². The molecule has 0 fully saturated rings. The fourth-order valence-corrected chi connectivity index (χ4v) is 4.39. The lowest BCUT2D eigenvalue weighted by atomic mass is 9.82. The molecule has 0 amide bonds. The summed E-state index contributed by atoms with van der Waals surface area (Å²) in [6.07, 6.45) is 0. The Morgan fingerprint density at radius 3 is 2.56 bits per heavy atom. The van der Waals surface area contributed by atoms with Gasteiger partial charge in [0.25, 0.3) is 5.56 Å². The fourth-order valence-electron chi connectivity index (χ4n) is 4.39.